The number of para-hydroxylation sites is 1. The molecule has 4 nitrogen and oxygen atoms in total. The molecule has 0 bridgehead atoms. The molecule has 0 aliphatic carbocycles. The normalized spacial score (nSPS) is 16.8. The van der Waals surface area contributed by atoms with Gasteiger partial charge in [0, 0.05) is 5.56 Å². The van der Waals surface area contributed by atoms with Crippen LogP contribution in [0.1, 0.15) is 40.9 Å². The number of ketones is 1. The molecule has 0 saturated carbocycles. The Balaban J connectivity index is 1.82. The van der Waals surface area contributed by atoms with Crippen molar-refractivity contribution in [2.75, 3.05) is 6.61 Å². The molecule has 25 heavy (non-hydrogen) atoms. The summed E-state index contributed by atoms with van der Waals surface area (Å²) in [6, 6.07) is 12.1. The molecule has 1 atom stereocenters. The van der Waals surface area contributed by atoms with E-state index >= 15 is 0 Å². The van der Waals surface area contributed by atoms with Crippen molar-refractivity contribution >= 4 is 11.8 Å². The second kappa shape index (κ2) is 6.63. The Morgan fingerprint density at radius 1 is 1.20 bits per heavy atom. The van der Waals surface area contributed by atoms with Crippen LogP contribution in [0.25, 0.3) is 0 Å². The van der Waals surface area contributed by atoms with E-state index in [0.29, 0.717) is 16.9 Å². The van der Waals surface area contributed by atoms with Gasteiger partial charge < -0.3 is 9.47 Å². The summed E-state index contributed by atoms with van der Waals surface area (Å²) in [6.07, 6.45) is -0.419. The van der Waals surface area contributed by atoms with Crippen LogP contribution in [0.4, 0.5) is 8.78 Å². The molecule has 6 heteroatoms. The Labute approximate surface area is 143 Å². The lowest BCUT2D eigenvalue weighted by Crippen LogP contribution is -2.28. The van der Waals surface area contributed by atoms with Gasteiger partial charge in [-0.3, -0.25) is 4.79 Å². The first kappa shape index (κ1) is 17.1. The van der Waals surface area contributed by atoms with E-state index in [-0.39, 0.29) is 18.8 Å². The number of ether oxygens (including phenoxy) is 2. The van der Waals surface area contributed by atoms with Crippen LogP contribution in [-0.2, 0) is 15.5 Å². The van der Waals surface area contributed by atoms with Gasteiger partial charge in [-0.1, -0.05) is 36.4 Å². The number of halogens is 2. The van der Waals surface area contributed by atoms with Crippen molar-refractivity contribution in [3.8, 4) is 5.75 Å². The summed E-state index contributed by atoms with van der Waals surface area (Å²) in [5, 5.41) is 0. The van der Waals surface area contributed by atoms with Crippen molar-refractivity contribution in [3.05, 3.63) is 65.2 Å². The maximum atomic E-state index is 14.0. The summed E-state index contributed by atoms with van der Waals surface area (Å²) in [5.41, 5.74) is 0.646. The minimum absolute atomic E-state index is 0.0622. The largest absolute Gasteiger partial charge is 0.484 e. The van der Waals surface area contributed by atoms with Crippen molar-refractivity contribution in [3.63, 3.8) is 0 Å². The van der Waals surface area contributed by atoms with Gasteiger partial charge in [0.1, 0.15) is 11.9 Å². The second-order valence-corrected chi connectivity index (χ2v) is 5.65. The summed E-state index contributed by atoms with van der Waals surface area (Å²) in [4.78, 5) is 23.6. The Hall–Kier alpha value is -2.76. The average molecular weight is 346 g/mol. The first-order chi connectivity index (χ1) is 11.9. The van der Waals surface area contributed by atoms with Crippen molar-refractivity contribution in [1.82, 2.24) is 0 Å². The molecule has 0 fully saturated rings. The first-order valence-electron chi connectivity index (χ1n) is 7.88. The van der Waals surface area contributed by atoms with E-state index in [9.17, 15) is 18.4 Å². The number of fused-ring (bicyclic) bond motifs is 1. The number of hydrogen-bond acceptors (Lipinski definition) is 4. The van der Waals surface area contributed by atoms with Gasteiger partial charge >= 0.3 is 11.9 Å². The minimum Gasteiger partial charge on any atom is -0.484 e. The predicted molar refractivity (Wildman–Crippen MR) is 85.7 cm³/mol. The lowest BCUT2D eigenvalue weighted by atomic mass is 9.95. The molecular weight excluding hydrogens is 330 g/mol. The number of esters is 1. The lowest BCUT2D eigenvalue weighted by Gasteiger charge is -2.25. The third-order valence-electron chi connectivity index (χ3n) is 4.00. The van der Waals surface area contributed by atoms with Crippen molar-refractivity contribution in [2.24, 2.45) is 0 Å². The van der Waals surface area contributed by atoms with Gasteiger partial charge in [0.15, 0.2) is 5.78 Å². The standard InChI is InChI=1S/C19H16F2O4/c1-2-24-18(23)19(20,21)13-9-7-12(8-10-13)17-11-15(22)14-5-3-4-6-16(14)25-17/h3-10,17H,2,11H2,1H3. The van der Waals surface area contributed by atoms with E-state index in [1.54, 1.807) is 24.3 Å². The highest BCUT2D eigenvalue weighted by Gasteiger charge is 2.42. The fraction of sp³-hybridized carbons (Fsp3) is 0.263. The van der Waals surface area contributed by atoms with Crippen LogP contribution in [0.15, 0.2) is 48.5 Å². The molecule has 3 rings (SSSR count). The molecule has 1 aliphatic heterocycles. The van der Waals surface area contributed by atoms with Crippen LogP contribution in [0.3, 0.4) is 0 Å². The highest BCUT2D eigenvalue weighted by molar-refractivity contribution is 5.99. The lowest BCUT2D eigenvalue weighted by molar-refractivity contribution is -0.173. The van der Waals surface area contributed by atoms with E-state index in [4.69, 9.17) is 4.74 Å². The molecular formula is C19H16F2O4. The molecule has 0 spiro atoms. The van der Waals surface area contributed by atoms with E-state index in [2.05, 4.69) is 4.74 Å². The number of rotatable bonds is 4. The number of carbonyl (C=O) groups is 2. The predicted octanol–water partition coefficient (Wildman–Crippen LogP) is 4.05. The molecule has 2 aromatic rings. The summed E-state index contributed by atoms with van der Waals surface area (Å²) < 4.78 is 38.2. The molecule has 0 aromatic heterocycles. The smallest absolute Gasteiger partial charge is 0.381 e. The summed E-state index contributed by atoms with van der Waals surface area (Å²) in [5.74, 6) is -4.89. The maximum absolute atomic E-state index is 14.0. The Morgan fingerprint density at radius 2 is 1.88 bits per heavy atom. The molecule has 0 saturated heterocycles. The third-order valence-corrected chi connectivity index (χ3v) is 4.00. The Morgan fingerprint density at radius 3 is 2.56 bits per heavy atom. The maximum Gasteiger partial charge on any atom is 0.381 e. The van der Waals surface area contributed by atoms with Gasteiger partial charge in [0.2, 0.25) is 0 Å². The van der Waals surface area contributed by atoms with Crippen molar-refractivity contribution in [2.45, 2.75) is 25.4 Å². The molecule has 2 aromatic carbocycles. The van der Waals surface area contributed by atoms with E-state index in [1.807, 2.05) is 0 Å². The van der Waals surface area contributed by atoms with Gasteiger partial charge in [-0.25, -0.2) is 4.79 Å². The number of Topliss-reactive ketones (excluding diaryl/α,β-unsaturated/α-hetero) is 1. The van der Waals surface area contributed by atoms with Crippen molar-refractivity contribution in [1.29, 1.82) is 0 Å². The summed E-state index contributed by atoms with van der Waals surface area (Å²) in [7, 11) is 0. The average Bonchev–Trinajstić information content (AvgIpc) is 2.62. The van der Waals surface area contributed by atoms with Crippen molar-refractivity contribution < 1.29 is 27.8 Å². The van der Waals surface area contributed by atoms with Crippen LogP contribution < -0.4 is 4.74 Å². The first-order valence-corrected chi connectivity index (χ1v) is 7.88. The van der Waals surface area contributed by atoms with Gasteiger partial charge in [-0.15, -0.1) is 0 Å². The van der Waals surface area contributed by atoms with Crippen LogP contribution >= 0.6 is 0 Å². The van der Waals surface area contributed by atoms with E-state index in [0.717, 1.165) is 12.1 Å². The Kier molecular flexibility index (Phi) is 4.53. The number of alkyl halides is 2. The summed E-state index contributed by atoms with van der Waals surface area (Å²) in [6.45, 7) is 1.34. The molecule has 0 radical (unpaired) electrons. The van der Waals surface area contributed by atoms with E-state index < -0.39 is 23.6 Å². The van der Waals surface area contributed by atoms with Gasteiger partial charge in [0.05, 0.1) is 18.6 Å². The molecule has 1 heterocycles. The van der Waals surface area contributed by atoms with E-state index in [1.165, 1.54) is 19.1 Å². The van der Waals surface area contributed by atoms with Gasteiger partial charge in [0.25, 0.3) is 0 Å². The molecule has 130 valence electrons. The molecule has 0 N–H and O–H groups in total. The number of benzene rings is 2. The molecule has 1 unspecified atom stereocenters. The topological polar surface area (TPSA) is 52.6 Å². The fourth-order valence-electron chi connectivity index (χ4n) is 2.71. The van der Waals surface area contributed by atoms with Crippen LogP contribution in [0.5, 0.6) is 5.75 Å². The van der Waals surface area contributed by atoms with Crippen LogP contribution in [0, 0.1) is 0 Å². The Bertz CT molecular complexity index is 799. The summed E-state index contributed by atoms with van der Waals surface area (Å²) >= 11 is 0. The third kappa shape index (κ3) is 3.24. The highest BCUT2D eigenvalue weighted by atomic mass is 19.3. The van der Waals surface area contributed by atoms with Crippen LogP contribution in [-0.4, -0.2) is 18.4 Å². The quantitative estimate of drug-likeness (QED) is 0.784. The monoisotopic (exact) mass is 346 g/mol. The fourth-order valence-corrected chi connectivity index (χ4v) is 2.71. The molecule has 0 amide bonds. The molecule has 1 aliphatic rings. The van der Waals surface area contributed by atoms with Crippen LogP contribution in [0.2, 0.25) is 0 Å². The second-order valence-electron chi connectivity index (χ2n) is 5.65. The number of hydrogen-bond donors (Lipinski definition) is 0. The zero-order valence-corrected chi connectivity index (χ0v) is 13.5. The minimum atomic E-state index is -3.72. The zero-order chi connectivity index (χ0) is 18.0. The number of carbonyl (C=O) groups excluding carboxylic acids is 2. The van der Waals surface area contributed by atoms with Gasteiger partial charge in [-0.2, -0.15) is 8.78 Å². The SMILES string of the molecule is CCOC(=O)C(F)(F)c1ccc(C2CC(=O)c3ccccc3O2)cc1. The van der Waals surface area contributed by atoms with Gasteiger partial charge in [-0.05, 0) is 24.6 Å². The zero-order valence-electron chi connectivity index (χ0n) is 13.5. The highest BCUT2D eigenvalue weighted by Crippen LogP contribution is 2.36.